The third kappa shape index (κ3) is 3.47. The van der Waals surface area contributed by atoms with Crippen molar-refractivity contribution >= 4 is 23.2 Å². The summed E-state index contributed by atoms with van der Waals surface area (Å²) in [5.74, 6) is 0.280. The summed E-state index contributed by atoms with van der Waals surface area (Å²) in [5, 5.41) is 0.644. The number of hydrogen-bond acceptors (Lipinski definition) is 3. The molecular formula is C16H17ClN2O2. The summed E-state index contributed by atoms with van der Waals surface area (Å²) in [4.78, 5) is 14.2. The van der Waals surface area contributed by atoms with Gasteiger partial charge in [-0.05, 0) is 29.8 Å². The van der Waals surface area contributed by atoms with Crippen LogP contribution in [0.2, 0.25) is 5.02 Å². The molecule has 0 aliphatic carbocycles. The zero-order chi connectivity index (χ0) is 15.4. The summed E-state index contributed by atoms with van der Waals surface area (Å²) in [6.07, 6.45) is 0. The zero-order valence-corrected chi connectivity index (χ0v) is 12.7. The van der Waals surface area contributed by atoms with Crippen molar-refractivity contribution in [1.29, 1.82) is 0 Å². The highest BCUT2D eigenvalue weighted by molar-refractivity contribution is 6.30. The maximum absolute atomic E-state index is 12.6. The Morgan fingerprint density at radius 3 is 2.67 bits per heavy atom. The number of rotatable bonds is 4. The van der Waals surface area contributed by atoms with E-state index < -0.39 is 0 Å². The summed E-state index contributed by atoms with van der Waals surface area (Å²) >= 11 is 5.95. The van der Waals surface area contributed by atoms with E-state index in [0.29, 0.717) is 28.6 Å². The van der Waals surface area contributed by atoms with Gasteiger partial charge in [0, 0.05) is 24.3 Å². The molecule has 110 valence electrons. The first kappa shape index (κ1) is 15.2. The van der Waals surface area contributed by atoms with E-state index in [4.69, 9.17) is 22.1 Å². The van der Waals surface area contributed by atoms with Gasteiger partial charge in [-0.25, -0.2) is 0 Å². The van der Waals surface area contributed by atoms with E-state index in [2.05, 4.69) is 0 Å². The van der Waals surface area contributed by atoms with Crippen LogP contribution in [0.4, 0.5) is 5.69 Å². The van der Waals surface area contributed by atoms with Crippen LogP contribution in [0.3, 0.4) is 0 Å². The molecule has 0 aromatic heterocycles. The molecule has 5 heteroatoms. The van der Waals surface area contributed by atoms with Gasteiger partial charge in [-0.2, -0.15) is 0 Å². The fourth-order valence-corrected chi connectivity index (χ4v) is 2.33. The molecule has 0 aliphatic rings. The predicted octanol–water partition coefficient (Wildman–Crippen LogP) is 3.20. The Morgan fingerprint density at radius 2 is 2.00 bits per heavy atom. The average Bonchev–Trinajstić information content (AvgIpc) is 2.46. The Morgan fingerprint density at radius 1 is 1.29 bits per heavy atom. The van der Waals surface area contributed by atoms with Gasteiger partial charge in [0.15, 0.2) is 0 Å². The van der Waals surface area contributed by atoms with Gasteiger partial charge >= 0.3 is 0 Å². The zero-order valence-electron chi connectivity index (χ0n) is 12.0. The minimum absolute atomic E-state index is 0.190. The molecule has 2 aromatic carbocycles. The molecule has 1 amide bonds. The lowest BCUT2D eigenvalue weighted by Gasteiger charge is -2.20. The van der Waals surface area contributed by atoms with Crippen LogP contribution in [-0.4, -0.2) is 25.0 Å². The van der Waals surface area contributed by atoms with E-state index in [1.807, 2.05) is 18.2 Å². The molecule has 2 N–H and O–H groups in total. The molecule has 0 saturated heterocycles. The minimum atomic E-state index is -0.190. The Kier molecular flexibility index (Phi) is 4.70. The van der Waals surface area contributed by atoms with Crippen LogP contribution in [0.15, 0.2) is 42.5 Å². The highest BCUT2D eigenvalue weighted by atomic mass is 35.5. The number of halogens is 1. The molecule has 21 heavy (non-hydrogen) atoms. The van der Waals surface area contributed by atoms with Gasteiger partial charge in [-0.3, -0.25) is 4.79 Å². The molecule has 2 aromatic rings. The van der Waals surface area contributed by atoms with Crippen molar-refractivity contribution in [3.63, 3.8) is 0 Å². The first-order valence-corrected chi connectivity index (χ1v) is 6.83. The number of anilines is 1. The first-order chi connectivity index (χ1) is 10.0. The van der Waals surface area contributed by atoms with Crippen LogP contribution in [0, 0.1) is 0 Å². The summed E-state index contributed by atoms with van der Waals surface area (Å²) < 4.78 is 5.22. The first-order valence-electron chi connectivity index (χ1n) is 6.45. The predicted molar refractivity (Wildman–Crippen MR) is 84.7 cm³/mol. The van der Waals surface area contributed by atoms with Gasteiger partial charge in [0.25, 0.3) is 5.91 Å². The quantitative estimate of drug-likeness (QED) is 0.883. The standard InChI is InChI=1S/C16H17ClN2O2/c1-19(10-11-5-3-6-12(17)9-11)16(20)15-13(18)7-4-8-14(15)21-2/h3-9H,10,18H2,1-2H3. The van der Waals surface area contributed by atoms with Crippen LogP contribution < -0.4 is 10.5 Å². The third-order valence-corrected chi connectivity index (χ3v) is 3.38. The van der Waals surface area contributed by atoms with E-state index in [0.717, 1.165) is 5.56 Å². The molecule has 0 fully saturated rings. The summed E-state index contributed by atoms with van der Waals surface area (Å²) in [6, 6.07) is 12.6. The van der Waals surface area contributed by atoms with E-state index in [-0.39, 0.29) is 5.91 Å². The van der Waals surface area contributed by atoms with Gasteiger partial charge in [0.05, 0.1) is 7.11 Å². The number of nitrogens with zero attached hydrogens (tertiary/aromatic N) is 1. The molecule has 0 saturated carbocycles. The minimum Gasteiger partial charge on any atom is -0.496 e. The second-order valence-corrected chi connectivity index (χ2v) is 5.15. The number of hydrogen-bond donors (Lipinski definition) is 1. The molecule has 2 rings (SSSR count). The number of carbonyl (C=O) groups excluding carboxylic acids is 1. The Balaban J connectivity index is 2.24. The topological polar surface area (TPSA) is 55.6 Å². The maximum atomic E-state index is 12.6. The van der Waals surface area contributed by atoms with Crippen LogP contribution >= 0.6 is 11.6 Å². The second-order valence-electron chi connectivity index (χ2n) is 4.72. The van der Waals surface area contributed by atoms with Crippen molar-refractivity contribution in [2.45, 2.75) is 6.54 Å². The molecule has 0 bridgehead atoms. The van der Waals surface area contributed by atoms with Crippen molar-refractivity contribution in [2.75, 3.05) is 19.9 Å². The fourth-order valence-electron chi connectivity index (χ4n) is 2.12. The van der Waals surface area contributed by atoms with E-state index in [1.54, 1.807) is 36.2 Å². The van der Waals surface area contributed by atoms with Crippen molar-refractivity contribution in [2.24, 2.45) is 0 Å². The second kappa shape index (κ2) is 6.50. The van der Waals surface area contributed by atoms with Crippen LogP contribution in [0.25, 0.3) is 0 Å². The number of nitrogens with two attached hydrogens (primary N) is 1. The molecular weight excluding hydrogens is 288 g/mol. The van der Waals surface area contributed by atoms with Crippen LogP contribution in [0.1, 0.15) is 15.9 Å². The lowest BCUT2D eigenvalue weighted by molar-refractivity contribution is 0.0783. The van der Waals surface area contributed by atoms with E-state index in [1.165, 1.54) is 7.11 Å². The molecule has 0 atom stereocenters. The highest BCUT2D eigenvalue weighted by Crippen LogP contribution is 2.26. The third-order valence-electron chi connectivity index (χ3n) is 3.15. The molecule has 4 nitrogen and oxygen atoms in total. The van der Waals surface area contributed by atoms with E-state index >= 15 is 0 Å². The Bertz CT molecular complexity index is 658. The largest absolute Gasteiger partial charge is 0.496 e. The van der Waals surface area contributed by atoms with Gasteiger partial charge in [-0.15, -0.1) is 0 Å². The lowest BCUT2D eigenvalue weighted by atomic mass is 10.1. The maximum Gasteiger partial charge on any atom is 0.259 e. The summed E-state index contributed by atoms with van der Waals surface area (Å²) in [5.41, 5.74) is 7.63. The SMILES string of the molecule is COc1cccc(N)c1C(=O)N(C)Cc1cccc(Cl)c1. The van der Waals surface area contributed by atoms with E-state index in [9.17, 15) is 4.79 Å². The number of nitrogen functional groups attached to an aromatic ring is 1. The average molecular weight is 305 g/mol. The van der Waals surface area contributed by atoms with Crippen molar-refractivity contribution in [3.8, 4) is 5.75 Å². The lowest BCUT2D eigenvalue weighted by Crippen LogP contribution is -2.27. The number of ether oxygens (including phenoxy) is 1. The molecule has 0 unspecified atom stereocenters. The molecule has 0 spiro atoms. The normalized spacial score (nSPS) is 10.2. The molecule has 0 aliphatic heterocycles. The van der Waals surface area contributed by atoms with Gasteiger partial charge in [-0.1, -0.05) is 29.8 Å². The summed E-state index contributed by atoms with van der Waals surface area (Å²) in [6.45, 7) is 0.441. The fraction of sp³-hybridized carbons (Fsp3) is 0.188. The van der Waals surface area contributed by atoms with Gasteiger partial charge < -0.3 is 15.4 Å². The summed E-state index contributed by atoms with van der Waals surface area (Å²) in [7, 11) is 3.23. The Hall–Kier alpha value is -2.20. The highest BCUT2D eigenvalue weighted by Gasteiger charge is 2.19. The van der Waals surface area contributed by atoms with Crippen LogP contribution in [0.5, 0.6) is 5.75 Å². The van der Waals surface area contributed by atoms with Crippen molar-refractivity contribution in [1.82, 2.24) is 4.90 Å². The number of amides is 1. The molecule has 0 radical (unpaired) electrons. The van der Waals surface area contributed by atoms with Crippen LogP contribution in [-0.2, 0) is 6.54 Å². The molecule has 0 heterocycles. The van der Waals surface area contributed by atoms with Gasteiger partial charge in [0.2, 0.25) is 0 Å². The Labute approximate surface area is 129 Å². The van der Waals surface area contributed by atoms with Crippen molar-refractivity contribution in [3.05, 3.63) is 58.6 Å². The number of benzene rings is 2. The smallest absolute Gasteiger partial charge is 0.259 e. The number of carbonyl (C=O) groups is 1. The number of methoxy groups -OCH3 is 1. The monoisotopic (exact) mass is 304 g/mol. The van der Waals surface area contributed by atoms with Gasteiger partial charge in [0.1, 0.15) is 11.3 Å². The van der Waals surface area contributed by atoms with Crippen molar-refractivity contribution < 1.29 is 9.53 Å².